The van der Waals surface area contributed by atoms with Gasteiger partial charge in [-0.3, -0.25) is 10.1 Å². The maximum absolute atomic E-state index is 12.7. The minimum atomic E-state index is -0.750. The molecule has 0 spiro atoms. The lowest BCUT2D eigenvalue weighted by molar-refractivity contribution is -0.139. The van der Waals surface area contributed by atoms with Crippen LogP contribution >= 0.6 is 22.7 Å². The molecule has 1 amide bonds. The van der Waals surface area contributed by atoms with Gasteiger partial charge in [0, 0.05) is 19.7 Å². The number of fused-ring (bicyclic) bond motifs is 2. The van der Waals surface area contributed by atoms with E-state index in [1.807, 2.05) is 67.6 Å². The highest BCUT2D eigenvalue weighted by atomic mass is 32.1. The Morgan fingerprint density at radius 1 is 1.06 bits per heavy atom. The van der Waals surface area contributed by atoms with Crippen LogP contribution in [0.15, 0.2) is 65.1 Å². The van der Waals surface area contributed by atoms with E-state index in [4.69, 9.17) is 9.15 Å². The van der Waals surface area contributed by atoms with Crippen molar-refractivity contribution in [2.45, 2.75) is 31.8 Å². The summed E-state index contributed by atoms with van der Waals surface area (Å²) in [5.74, 6) is -0.187. The molecule has 0 saturated heterocycles. The predicted octanol–water partition coefficient (Wildman–Crippen LogP) is 7.55. The first kappa shape index (κ1) is 21.9. The number of carboxylic acid groups (broad SMARTS) is 1. The molecule has 5 aromatic rings. The number of ether oxygens (including phenoxy) is 1. The average molecular weight is 504 g/mol. The van der Waals surface area contributed by atoms with E-state index in [1.165, 1.54) is 22.7 Å². The van der Waals surface area contributed by atoms with Crippen molar-refractivity contribution in [1.29, 1.82) is 0 Å². The lowest BCUT2D eigenvalue weighted by atomic mass is 10.1. The van der Waals surface area contributed by atoms with Crippen LogP contribution in [0.25, 0.3) is 31.0 Å². The number of amides is 1. The smallest absolute Gasteiger partial charge is 0.412 e. The zero-order chi connectivity index (χ0) is 24.2. The number of para-hydroxylation sites is 1. The van der Waals surface area contributed by atoms with Crippen LogP contribution in [0.1, 0.15) is 28.8 Å². The van der Waals surface area contributed by atoms with E-state index in [0.29, 0.717) is 29.9 Å². The third kappa shape index (κ3) is 3.79. The Bertz CT molecular complexity index is 1570. The molecule has 0 bridgehead atoms. The number of benzene rings is 2. The lowest BCUT2D eigenvalue weighted by Gasteiger charge is -2.09. The standard InChI is InChI=1S/C27H21NO5S2/c1-15-6-2-3-7-16(15)14-32-26(31)28-23-17-8-4-5-9-18(17)33-24(23)21-12-19-20(34-21)13-22(35-19)27(10-11-27)25(29)30/h2-9,12-13H,10-11,14H2,1H3,(H,28,31)(H,29,30). The van der Waals surface area contributed by atoms with Gasteiger partial charge in [-0.15, -0.1) is 22.7 Å². The zero-order valence-corrected chi connectivity index (χ0v) is 20.4. The van der Waals surface area contributed by atoms with Crippen LogP contribution in [-0.2, 0) is 21.6 Å². The topological polar surface area (TPSA) is 88.8 Å². The van der Waals surface area contributed by atoms with Crippen LogP contribution in [0.2, 0.25) is 0 Å². The molecule has 0 atom stereocenters. The molecule has 1 fully saturated rings. The number of carbonyl (C=O) groups excluding carboxylic acids is 1. The Morgan fingerprint density at radius 3 is 2.54 bits per heavy atom. The van der Waals surface area contributed by atoms with E-state index in [1.54, 1.807) is 0 Å². The summed E-state index contributed by atoms with van der Waals surface area (Å²) in [7, 11) is 0. The minimum Gasteiger partial charge on any atom is -0.481 e. The van der Waals surface area contributed by atoms with Crippen LogP contribution in [-0.4, -0.2) is 17.2 Å². The molecule has 1 saturated carbocycles. The van der Waals surface area contributed by atoms with Crippen molar-refractivity contribution in [3.63, 3.8) is 0 Å². The van der Waals surface area contributed by atoms with Crippen molar-refractivity contribution in [1.82, 2.24) is 0 Å². The summed E-state index contributed by atoms with van der Waals surface area (Å²) in [4.78, 5) is 26.2. The monoisotopic (exact) mass is 503 g/mol. The van der Waals surface area contributed by atoms with E-state index in [-0.39, 0.29) is 6.61 Å². The maximum Gasteiger partial charge on any atom is 0.412 e. The van der Waals surface area contributed by atoms with Crippen LogP contribution in [0.4, 0.5) is 10.5 Å². The third-order valence-corrected chi connectivity index (χ3v) is 9.00. The second kappa shape index (κ2) is 8.25. The van der Waals surface area contributed by atoms with Crippen molar-refractivity contribution in [3.8, 4) is 10.6 Å². The SMILES string of the molecule is Cc1ccccc1COC(=O)Nc1c(-c2cc3sc(C4(C(=O)O)CC4)cc3s2)oc2ccccc12. The summed E-state index contributed by atoms with van der Waals surface area (Å²) >= 11 is 3.05. The minimum absolute atomic E-state index is 0.173. The quantitative estimate of drug-likeness (QED) is 0.250. The first-order valence-corrected chi connectivity index (χ1v) is 12.9. The Morgan fingerprint density at radius 2 is 1.80 bits per heavy atom. The Hall–Kier alpha value is -3.62. The highest BCUT2D eigenvalue weighted by molar-refractivity contribution is 7.29. The second-order valence-corrected chi connectivity index (χ2v) is 10.9. The summed E-state index contributed by atoms with van der Waals surface area (Å²) in [5, 5.41) is 13.3. The molecule has 35 heavy (non-hydrogen) atoms. The second-order valence-electron chi connectivity index (χ2n) is 8.77. The van der Waals surface area contributed by atoms with Crippen LogP contribution < -0.4 is 5.32 Å². The highest BCUT2D eigenvalue weighted by Crippen LogP contribution is 2.54. The van der Waals surface area contributed by atoms with E-state index >= 15 is 0 Å². The van der Waals surface area contributed by atoms with Crippen molar-refractivity contribution in [3.05, 3.63) is 76.7 Å². The first-order chi connectivity index (χ1) is 16.9. The van der Waals surface area contributed by atoms with Gasteiger partial charge < -0.3 is 14.3 Å². The number of hydrogen-bond acceptors (Lipinski definition) is 6. The highest BCUT2D eigenvalue weighted by Gasteiger charge is 2.53. The van der Waals surface area contributed by atoms with Gasteiger partial charge in [0.1, 0.15) is 17.6 Å². The molecule has 1 aliphatic rings. The molecule has 3 heterocycles. The molecule has 0 aliphatic heterocycles. The number of thiophene rings is 2. The van der Waals surface area contributed by atoms with E-state index in [2.05, 4.69) is 5.32 Å². The number of hydrogen-bond donors (Lipinski definition) is 2. The maximum atomic E-state index is 12.7. The Labute approximate surface area is 208 Å². The van der Waals surface area contributed by atoms with Gasteiger partial charge in [-0.05, 0) is 55.2 Å². The third-order valence-electron chi connectivity index (χ3n) is 6.50. The molecule has 3 aromatic heterocycles. The van der Waals surface area contributed by atoms with Gasteiger partial charge in [-0.1, -0.05) is 36.4 Å². The van der Waals surface area contributed by atoms with Crippen LogP contribution in [0, 0.1) is 6.92 Å². The fourth-order valence-electron chi connectivity index (χ4n) is 4.27. The number of nitrogens with one attached hydrogen (secondary N) is 1. The molecule has 0 unspecified atom stereocenters. The fourth-order valence-corrected chi connectivity index (χ4v) is 6.89. The molecule has 6 nitrogen and oxygen atoms in total. The zero-order valence-electron chi connectivity index (χ0n) is 18.8. The number of furan rings is 1. The van der Waals surface area contributed by atoms with E-state index in [9.17, 15) is 14.7 Å². The molecule has 2 aromatic carbocycles. The fraction of sp³-hybridized carbons (Fsp3) is 0.185. The van der Waals surface area contributed by atoms with Crippen molar-refractivity contribution < 1.29 is 23.8 Å². The Balaban J connectivity index is 1.31. The number of aryl methyl sites for hydroxylation is 1. The summed E-state index contributed by atoms with van der Waals surface area (Å²) in [6.45, 7) is 2.15. The molecule has 2 N–H and O–H groups in total. The predicted molar refractivity (Wildman–Crippen MR) is 138 cm³/mol. The van der Waals surface area contributed by atoms with Gasteiger partial charge in [0.15, 0.2) is 5.76 Å². The molecular weight excluding hydrogens is 482 g/mol. The Kier molecular flexibility index (Phi) is 5.16. The molecule has 6 rings (SSSR count). The van der Waals surface area contributed by atoms with Crippen molar-refractivity contribution in [2.75, 3.05) is 5.32 Å². The summed E-state index contributed by atoms with van der Waals surface area (Å²) in [5.41, 5.74) is 2.52. The summed E-state index contributed by atoms with van der Waals surface area (Å²) in [6, 6.07) is 19.3. The molecular formula is C27H21NO5S2. The lowest BCUT2D eigenvalue weighted by Crippen LogP contribution is -2.17. The van der Waals surface area contributed by atoms with E-state index in [0.717, 1.165) is 35.7 Å². The van der Waals surface area contributed by atoms with Gasteiger partial charge in [-0.2, -0.15) is 0 Å². The largest absolute Gasteiger partial charge is 0.481 e. The average Bonchev–Trinajstić information content (AvgIpc) is 3.25. The van der Waals surface area contributed by atoms with Gasteiger partial charge >= 0.3 is 12.1 Å². The van der Waals surface area contributed by atoms with Crippen LogP contribution in [0.3, 0.4) is 0 Å². The number of rotatable bonds is 6. The molecule has 1 aliphatic carbocycles. The molecule has 0 radical (unpaired) electrons. The first-order valence-electron chi connectivity index (χ1n) is 11.2. The number of carbonyl (C=O) groups is 2. The van der Waals surface area contributed by atoms with Crippen LogP contribution in [0.5, 0.6) is 0 Å². The summed E-state index contributed by atoms with van der Waals surface area (Å²) in [6.07, 6.45) is 0.815. The normalized spacial score (nSPS) is 14.3. The van der Waals surface area contributed by atoms with Crippen molar-refractivity contribution >= 4 is 60.8 Å². The number of carboxylic acids is 1. The van der Waals surface area contributed by atoms with Gasteiger partial charge in [0.05, 0.1) is 10.6 Å². The van der Waals surface area contributed by atoms with Gasteiger partial charge in [0.2, 0.25) is 0 Å². The van der Waals surface area contributed by atoms with Gasteiger partial charge in [0.25, 0.3) is 0 Å². The number of anilines is 1. The molecule has 8 heteroatoms. The molecule has 176 valence electrons. The van der Waals surface area contributed by atoms with E-state index < -0.39 is 17.5 Å². The summed E-state index contributed by atoms with van der Waals surface area (Å²) < 4.78 is 13.7. The number of aliphatic carboxylic acids is 1. The van der Waals surface area contributed by atoms with Gasteiger partial charge in [-0.25, -0.2) is 4.79 Å². The van der Waals surface area contributed by atoms with Crippen molar-refractivity contribution in [2.24, 2.45) is 0 Å².